The van der Waals surface area contributed by atoms with Crippen molar-refractivity contribution in [3.05, 3.63) is 16.7 Å². The van der Waals surface area contributed by atoms with Gasteiger partial charge in [-0.3, -0.25) is 14.4 Å². The van der Waals surface area contributed by atoms with Crippen LogP contribution < -0.4 is 0 Å². The van der Waals surface area contributed by atoms with Gasteiger partial charge in [0, 0.05) is 38.0 Å². The van der Waals surface area contributed by atoms with Crippen molar-refractivity contribution in [2.75, 3.05) is 13.6 Å². The quantitative estimate of drug-likeness (QED) is 0.0885. The Hall–Kier alpha value is -4.19. The SMILES string of the molecule is CC(=O)N1C(O)(O)C(O)(O)N(C2CCN(C(=O)N(C)C(C)c3c(O)c(C(F)(F)F)c(O)c(C(F)(F)F)c3O)C(C3C(=O)C(=O)C(F)C(O)C3(C)C)C2)C(O)(O)C1(O)O. The van der Waals surface area contributed by atoms with Crippen LogP contribution in [0.15, 0.2) is 0 Å². The molecule has 0 spiro atoms. The summed E-state index contributed by atoms with van der Waals surface area (Å²) in [5.74, 6) is -32.8. The van der Waals surface area contributed by atoms with Crippen LogP contribution in [0.3, 0.4) is 0 Å². The molecule has 328 valence electrons. The summed E-state index contributed by atoms with van der Waals surface area (Å²) >= 11 is 0. The van der Waals surface area contributed by atoms with E-state index < -0.39 is 164 Å². The van der Waals surface area contributed by atoms with E-state index >= 15 is 0 Å². The Kier molecular flexibility index (Phi) is 11.2. The number of piperazine rings is 1. The van der Waals surface area contributed by atoms with Crippen LogP contribution in [0.2, 0.25) is 0 Å². The smallest absolute Gasteiger partial charge is 0.423 e. The van der Waals surface area contributed by atoms with E-state index in [-0.39, 0.29) is 4.90 Å². The number of halogens is 7. The lowest BCUT2D eigenvalue weighted by Crippen LogP contribution is -2.92. The van der Waals surface area contributed by atoms with Crippen molar-refractivity contribution in [3.63, 3.8) is 0 Å². The molecule has 3 fully saturated rings. The van der Waals surface area contributed by atoms with Crippen LogP contribution in [-0.4, -0.2) is 166 Å². The molecule has 1 aromatic rings. The van der Waals surface area contributed by atoms with Crippen molar-refractivity contribution in [3.8, 4) is 17.2 Å². The Labute approximate surface area is 320 Å². The molecule has 2 aliphatic heterocycles. The number of piperidine rings is 1. The Morgan fingerprint density at radius 1 is 0.793 bits per heavy atom. The lowest BCUT2D eigenvalue weighted by molar-refractivity contribution is -0.604. The van der Waals surface area contributed by atoms with E-state index in [9.17, 15) is 111 Å². The molecule has 12 N–H and O–H groups in total. The van der Waals surface area contributed by atoms with E-state index in [0.29, 0.717) is 25.8 Å². The predicted octanol–water partition coefficient (Wildman–Crippen LogP) is -2.00. The molecule has 2 heterocycles. The van der Waals surface area contributed by atoms with E-state index in [1.165, 1.54) is 0 Å². The minimum absolute atomic E-state index is 0.269. The Morgan fingerprint density at radius 2 is 1.22 bits per heavy atom. The number of rotatable bonds is 4. The highest BCUT2D eigenvalue weighted by atomic mass is 19.4. The lowest BCUT2D eigenvalue weighted by atomic mass is 9.61. The van der Waals surface area contributed by atoms with Gasteiger partial charge in [0.2, 0.25) is 17.5 Å². The molecule has 0 bridgehead atoms. The summed E-state index contributed by atoms with van der Waals surface area (Å²) < 4.78 is 98.3. The molecule has 20 nitrogen and oxygen atoms in total. The van der Waals surface area contributed by atoms with Gasteiger partial charge in [0.1, 0.15) is 28.4 Å². The van der Waals surface area contributed by atoms with Crippen LogP contribution in [0.1, 0.15) is 63.3 Å². The van der Waals surface area contributed by atoms with Crippen molar-refractivity contribution in [2.24, 2.45) is 11.3 Å². The summed E-state index contributed by atoms with van der Waals surface area (Å²) in [6.07, 6.45) is -19.2. The molecule has 1 aromatic carbocycles. The Morgan fingerprint density at radius 3 is 1.62 bits per heavy atom. The molecule has 2 saturated heterocycles. The molecule has 1 saturated carbocycles. The van der Waals surface area contributed by atoms with Crippen molar-refractivity contribution >= 4 is 23.5 Å². The third kappa shape index (κ3) is 6.56. The maximum Gasteiger partial charge on any atom is 0.423 e. The molecule has 0 aromatic heterocycles. The van der Waals surface area contributed by atoms with Crippen molar-refractivity contribution in [1.29, 1.82) is 0 Å². The molecule has 4 rings (SSSR count). The minimum atomic E-state index is -5.92. The number of urea groups is 1. The first kappa shape index (κ1) is 46.5. The van der Waals surface area contributed by atoms with Gasteiger partial charge in [0.25, 0.3) is 0 Å². The predicted molar refractivity (Wildman–Crippen MR) is 168 cm³/mol. The minimum Gasteiger partial charge on any atom is -0.507 e. The van der Waals surface area contributed by atoms with Gasteiger partial charge in [-0.15, -0.1) is 0 Å². The number of amides is 3. The van der Waals surface area contributed by atoms with Gasteiger partial charge < -0.3 is 71.1 Å². The van der Waals surface area contributed by atoms with Crippen molar-refractivity contribution < 1.29 is 111 Å². The topological polar surface area (TPSA) is 324 Å². The van der Waals surface area contributed by atoms with E-state index in [0.717, 1.165) is 13.8 Å². The number of alkyl halides is 7. The Balaban J connectivity index is 1.92. The zero-order valence-electron chi connectivity index (χ0n) is 30.5. The van der Waals surface area contributed by atoms with E-state index in [4.69, 9.17) is 0 Å². The van der Waals surface area contributed by atoms with Gasteiger partial charge in [-0.25, -0.2) is 14.1 Å². The van der Waals surface area contributed by atoms with Crippen LogP contribution in [0.5, 0.6) is 17.2 Å². The molecule has 3 amide bonds. The largest absolute Gasteiger partial charge is 0.507 e. The number of carbonyl (C=O) groups is 4. The molecule has 6 unspecified atom stereocenters. The third-order valence-corrected chi connectivity index (χ3v) is 11.1. The number of likely N-dealkylation sites (tertiary alicyclic amines) is 1. The number of phenolic OH excluding ortho intramolecular Hbond substituents is 3. The van der Waals surface area contributed by atoms with Gasteiger partial charge in [0.05, 0.1) is 23.6 Å². The second-order valence-electron chi connectivity index (χ2n) is 14.9. The molecule has 0 radical (unpaired) electrons. The monoisotopic (exact) mass is 856 g/mol. The number of aromatic hydroxyl groups is 3. The molecular weight excluding hydrogens is 817 g/mol. The number of aliphatic hydroxyl groups is 9. The first-order chi connectivity index (χ1) is 25.9. The third-order valence-electron chi connectivity index (χ3n) is 11.1. The summed E-state index contributed by atoms with van der Waals surface area (Å²) in [6.45, 7) is 2.01. The number of benzene rings is 1. The van der Waals surface area contributed by atoms with Crippen molar-refractivity contribution in [1.82, 2.24) is 19.6 Å². The zero-order chi connectivity index (χ0) is 45.2. The van der Waals surface area contributed by atoms with Gasteiger partial charge in [-0.1, -0.05) is 13.8 Å². The average molecular weight is 857 g/mol. The van der Waals surface area contributed by atoms with Crippen LogP contribution in [-0.2, 0) is 26.7 Å². The molecule has 58 heavy (non-hydrogen) atoms. The fraction of sp³-hybridized carbons (Fsp3) is 0.677. The second kappa shape index (κ2) is 13.9. The number of hydrogen-bond acceptors (Lipinski definition) is 17. The van der Waals surface area contributed by atoms with Gasteiger partial charge in [-0.2, -0.15) is 31.2 Å². The average Bonchev–Trinajstić information content (AvgIpc) is 3.03. The number of phenols is 3. The van der Waals surface area contributed by atoms with E-state index in [2.05, 4.69) is 0 Å². The maximum absolute atomic E-state index is 14.9. The first-order valence-corrected chi connectivity index (χ1v) is 16.7. The zero-order valence-corrected chi connectivity index (χ0v) is 30.5. The van der Waals surface area contributed by atoms with Gasteiger partial charge >= 0.3 is 42.0 Å². The molecular formula is C31H39F7N4O16. The molecule has 6 atom stereocenters. The number of aliphatic hydroxyl groups excluding tert-OH is 1. The number of carbonyl (C=O) groups excluding carboxylic acids is 4. The number of ketones is 2. The Bertz CT molecular complexity index is 1820. The number of hydrogen-bond donors (Lipinski definition) is 12. The lowest BCUT2D eigenvalue weighted by Gasteiger charge is -2.63. The van der Waals surface area contributed by atoms with Gasteiger partial charge in [0.15, 0.2) is 6.17 Å². The highest BCUT2D eigenvalue weighted by molar-refractivity contribution is 6.40. The van der Waals surface area contributed by atoms with Gasteiger partial charge in [-0.05, 0) is 19.8 Å². The van der Waals surface area contributed by atoms with Crippen LogP contribution in [0.4, 0.5) is 35.5 Å². The van der Waals surface area contributed by atoms with E-state index in [1.807, 2.05) is 0 Å². The molecule has 27 heteroatoms. The van der Waals surface area contributed by atoms with Crippen LogP contribution in [0, 0.1) is 11.3 Å². The summed E-state index contributed by atoms with van der Waals surface area (Å²) in [7, 11) is 0.672. The van der Waals surface area contributed by atoms with E-state index in [1.54, 1.807) is 0 Å². The summed E-state index contributed by atoms with van der Waals surface area (Å²) in [4.78, 5) is 52.0. The first-order valence-electron chi connectivity index (χ1n) is 16.7. The fourth-order valence-corrected chi connectivity index (χ4v) is 8.00. The maximum atomic E-state index is 14.9. The summed E-state index contributed by atoms with van der Waals surface area (Å²) in [5, 5.41) is 128. The fourth-order valence-electron chi connectivity index (χ4n) is 8.00. The standard InChI is InChI=1S/C31H39F7N4O16/c1-9(13-18(44)15(26(33,34)35)20(46)16(19(13)45)27(36,37)38)39(5)24(50)40-7-6-11(8-12(40)14-21(47)22(48)17(32)23(49)25(14,3)4)42-30(55,56)28(51,52)41(10(2)43)29(53,54)31(42,57)58/h9,11-12,14,17,23,44-46,49,51-58H,6-8H2,1-5H3. The molecule has 1 aliphatic carbocycles. The summed E-state index contributed by atoms with van der Waals surface area (Å²) in [6, 6.07) is -8.15. The normalized spacial score (nSPS) is 28.9. The summed E-state index contributed by atoms with van der Waals surface area (Å²) in [5.41, 5.74) is -9.15. The van der Waals surface area contributed by atoms with Crippen LogP contribution in [0.25, 0.3) is 0 Å². The highest BCUT2D eigenvalue weighted by Crippen LogP contribution is 2.56. The number of nitrogens with zero attached hydrogens (tertiary/aromatic N) is 4. The second-order valence-corrected chi connectivity index (χ2v) is 14.9. The molecule has 3 aliphatic rings. The number of Topliss-reactive ketones (excluding diaryl/α,β-unsaturated/α-hetero) is 2. The highest BCUT2D eigenvalue weighted by Gasteiger charge is 2.79. The van der Waals surface area contributed by atoms with Crippen LogP contribution >= 0.6 is 0 Å². The van der Waals surface area contributed by atoms with Crippen molar-refractivity contribution in [2.45, 2.75) is 107 Å².